The summed E-state index contributed by atoms with van der Waals surface area (Å²) < 4.78 is 1.95. The first-order valence-corrected chi connectivity index (χ1v) is 6.52. The van der Waals surface area contributed by atoms with Gasteiger partial charge in [-0.2, -0.15) is 5.26 Å². The Morgan fingerprint density at radius 1 is 1.50 bits per heavy atom. The number of rotatable bonds is 3. The molecular formula is C12H11N5S. The highest BCUT2D eigenvalue weighted by Crippen LogP contribution is 2.36. The van der Waals surface area contributed by atoms with E-state index in [2.05, 4.69) is 16.0 Å². The normalized spacial score (nSPS) is 15.1. The molecular weight excluding hydrogens is 246 g/mol. The minimum absolute atomic E-state index is 0.462. The van der Waals surface area contributed by atoms with Crippen molar-refractivity contribution in [3.63, 3.8) is 0 Å². The topological polar surface area (TPSA) is 80.5 Å². The number of thiazole rings is 1. The van der Waals surface area contributed by atoms with Crippen LogP contribution in [0.25, 0.3) is 12.2 Å². The molecule has 0 atom stereocenters. The summed E-state index contributed by atoms with van der Waals surface area (Å²) in [5.74, 6) is 0. The minimum atomic E-state index is 0.462. The molecule has 1 fully saturated rings. The zero-order valence-electron chi connectivity index (χ0n) is 9.58. The van der Waals surface area contributed by atoms with Crippen LogP contribution < -0.4 is 5.73 Å². The fourth-order valence-electron chi connectivity index (χ4n) is 1.78. The summed E-state index contributed by atoms with van der Waals surface area (Å²) in [6.07, 6.45) is 7.65. The van der Waals surface area contributed by atoms with Gasteiger partial charge in [-0.15, -0.1) is 11.3 Å². The molecule has 0 aliphatic heterocycles. The van der Waals surface area contributed by atoms with E-state index in [4.69, 9.17) is 5.73 Å². The predicted molar refractivity (Wildman–Crippen MR) is 70.7 cm³/mol. The summed E-state index contributed by atoms with van der Waals surface area (Å²) in [4.78, 5) is 8.40. The number of hydrogen-bond donors (Lipinski definition) is 1. The second-order valence-corrected chi connectivity index (χ2v) is 5.06. The molecule has 18 heavy (non-hydrogen) atoms. The van der Waals surface area contributed by atoms with Gasteiger partial charge in [-0.05, 0) is 25.0 Å². The monoisotopic (exact) mass is 257 g/mol. The third-order valence-corrected chi connectivity index (χ3v) is 3.51. The summed E-state index contributed by atoms with van der Waals surface area (Å²) in [6.45, 7) is 0. The number of nitrogens with two attached hydrogens (primary N) is 1. The Morgan fingerprint density at radius 2 is 2.33 bits per heavy atom. The number of anilines is 1. The van der Waals surface area contributed by atoms with Crippen molar-refractivity contribution in [1.82, 2.24) is 14.5 Å². The van der Waals surface area contributed by atoms with Gasteiger partial charge >= 0.3 is 0 Å². The second-order valence-electron chi connectivity index (χ2n) is 4.17. The van der Waals surface area contributed by atoms with Crippen molar-refractivity contribution in [3.8, 4) is 6.07 Å². The number of imidazole rings is 1. The van der Waals surface area contributed by atoms with Gasteiger partial charge in [0.1, 0.15) is 11.8 Å². The smallest absolute Gasteiger partial charge is 0.180 e. The molecule has 0 radical (unpaired) electrons. The molecule has 0 spiro atoms. The van der Waals surface area contributed by atoms with Crippen molar-refractivity contribution in [2.24, 2.45) is 0 Å². The number of nitrogen functional groups attached to an aromatic ring is 1. The quantitative estimate of drug-likeness (QED) is 0.914. The average Bonchev–Trinajstić information content (AvgIpc) is 3.00. The zero-order valence-corrected chi connectivity index (χ0v) is 10.4. The van der Waals surface area contributed by atoms with Crippen LogP contribution in [0.3, 0.4) is 0 Å². The van der Waals surface area contributed by atoms with Crippen LogP contribution in [0, 0.1) is 11.3 Å². The average molecular weight is 257 g/mol. The number of aromatic nitrogens is 3. The lowest BCUT2D eigenvalue weighted by molar-refractivity contribution is 0.730. The van der Waals surface area contributed by atoms with E-state index in [9.17, 15) is 5.26 Å². The van der Waals surface area contributed by atoms with Crippen molar-refractivity contribution in [1.29, 1.82) is 5.26 Å². The zero-order chi connectivity index (χ0) is 12.5. The maximum absolute atomic E-state index is 9.19. The lowest BCUT2D eigenvalue weighted by Crippen LogP contribution is -1.95. The van der Waals surface area contributed by atoms with Gasteiger partial charge in [-0.3, -0.25) is 0 Å². The Balaban J connectivity index is 1.88. The molecule has 0 unspecified atom stereocenters. The Bertz CT molecular complexity index is 642. The van der Waals surface area contributed by atoms with Gasteiger partial charge < -0.3 is 10.3 Å². The molecule has 2 aromatic heterocycles. The van der Waals surface area contributed by atoms with Crippen LogP contribution in [-0.2, 0) is 0 Å². The van der Waals surface area contributed by atoms with Crippen molar-refractivity contribution in [3.05, 3.63) is 28.8 Å². The van der Waals surface area contributed by atoms with Crippen molar-refractivity contribution < 1.29 is 0 Å². The van der Waals surface area contributed by atoms with Gasteiger partial charge in [0, 0.05) is 11.4 Å². The number of nitriles is 1. The molecule has 1 aliphatic rings. The van der Waals surface area contributed by atoms with E-state index in [0.717, 1.165) is 18.5 Å². The highest BCUT2D eigenvalue weighted by molar-refractivity contribution is 7.13. The fourth-order valence-corrected chi connectivity index (χ4v) is 2.31. The van der Waals surface area contributed by atoms with E-state index < -0.39 is 0 Å². The van der Waals surface area contributed by atoms with E-state index in [0.29, 0.717) is 22.6 Å². The van der Waals surface area contributed by atoms with Gasteiger partial charge in [0.2, 0.25) is 0 Å². The summed E-state index contributed by atoms with van der Waals surface area (Å²) in [6, 6.07) is 2.68. The van der Waals surface area contributed by atoms with E-state index in [-0.39, 0.29) is 0 Å². The lowest BCUT2D eigenvalue weighted by atomic mass is 10.3. The van der Waals surface area contributed by atoms with Crippen molar-refractivity contribution >= 4 is 28.6 Å². The van der Waals surface area contributed by atoms with E-state index >= 15 is 0 Å². The molecule has 2 heterocycles. The molecule has 90 valence electrons. The van der Waals surface area contributed by atoms with E-state index in [1.165, 1.54) is 11.3 Å². The van der Waals surface area contributed by atoms with Crippen molar-refractivity contribution in [2.75, 3.05) is 5.73 Å². The first-order chi connectivity index (χ1) is 8.78. The lowest BCUT2D eigenvalue weighted by Gasteiger charge is -1.98. The summed E-state index contributed by atoms with van der Waals surface area (Å²) in [5, 5.41) is 11.6. The van der Waals surface area contributed by atoms with Crippen LogP contribution in [0.4, 0.5) is 5.13 Å². The molecule has 0 amide bonds. The third-order valence-electron chi connectivity index (χ3n) is 2.82. The highest BCUT2D eigenvalue weighted by atomic mass is 32.1. The highest BCUT2D eigenvalue weighted by Gasteiger charge is 2.26. The standard InChI is InChI=1S/C12H11N5S/c13-5-11-10(15-7-17(11)9-2-3-9)4-1-8-6-18-12(14)16-8/h1,4,6-7,9H,2-3H2,(H2,14,16)/b4-1+. The molecule has 6 heteroatoms. The Labute approximate surface area is 108 Å². The second kappa shape index (κ2) is 4.27. The summed E-state index contributed by atoms with van der Waals surface area (Å²) in [5.41, 5.74) is 7.66. The molecule has 1 saturated carbocycles. The van der Waals surface area contributed by atoms with Crippen LogP contribution in [0.15, 0.2) is 11.7 Å². The fraction of sp³-hybridized carbons (Fsp3) is 0.250. The molecule has 0 saturated heterocycles. The van der Waals surface area contributed by atoms with Crippen LogP contribution in [-0.4, -0.2) is 14.5 Å². The molecule has 0 bridgehead atoms. The van der Waals surface area contributed by atoms with E-state index in [1.54, 1.807) is 6.33 Å². The number of nitrogens with zero attached hydrogens (tertiary/aromatic N) is 4. The van der Waals surface area contributed by atoms with E-state index in [1.807, 2.05) is 22.1 Å². The Morgan fingerprint density at radius 3 is 2.94 bits per heavy atom. The largest absolute Gasteiger partial charge is 0.375 e. The summed E-state index contributed by atoms with van der Waals surface area (Å²) >= 11 is 1.39. The van der Waals surface area contributed by atoms with Crippen LogP contribution >= 0.6 is 11.3 Å². The third kappa shape index (κ3) is 2.00. The molecule has 2 N–H and O–H groups in total. The van der Waals surface area contributed by atoms with Crippen LogP contribution in [0.1, 0.15) is 36.0 Å². The molecule has 5 nitrogen and oxygen atoms in total. The maximum atomic E-state index is 9.19. The van der Waals surface area contributed by atoms with Gasteiger partial charge in [0.15, 0.2) is 5.13 Å². The SMILES string of the molecule is N#Cc1c(/C=C/c2csc(N)n2)ncn1C1CC1. The van der Waals surface area contributed by atoms with Gasteiger partial charge in [0.05, 0.1) is 17.7 Å². The van der Waals surface area contributed by atoms with Crippen LogP contribution in [0.5, 0.6) is 0 Å². The molecule has 1 aliphatic carbocycles. The first-order valence-electron chi connectivity index (χ1n) is 5.64. The number of hydrogen-bond acceptors (Lipinski definition) is 5. The maximum Gasteiger partial charge on any atom is 0.180 e. The molecule has 2 aromatic rings. The minimum Gasteiger partial charge on any atom is -0.375 e. The van der Waals surface area contributed by atoms with Gasteiger partial charge in [0.25, 0.3) is 0 Å². The van der Waals surface area contributed by atoms with Crippen LogP contribution in [0.2, 0.25) is 0 Å². The molecule has 3 rings (SSSR count). The Hall–Kier alpha value is -2.13. The summed E-state index contributed by atoms with van der Waals surface area (Å²) in [7, 11) is 0. The predicted octanol–water partition coefficient (Wildman–Crippen LogP) is 2.30. The molecule has 0 aromatic carbocycles. The van der Waals surface area contributed by atoms with Gasteiger partial charge in [-0.1, -0.05) is 0 Å². The Kier molecular flexibility index (Phi) is 2.61. The van der Waals surface area contributed by atoms with Gasteiger partial charge in [-0.25, -0.2) is 9.97 Å². The van der Waals surface area contributed by atoms with Crippen molar-refractivity contribution in [2.45, 2.75) is 18.9 Å². The first kappa shape index (κ1) is 11.0.